The number of carbonyl (C=O) groups excluding carboxylic acids is 1. The average Bonchev–Trinajstić information content (AvgIpc) is 3.02. The standard InChI is InChI=1S/C22H33FN4O4/c1-7-9-14(5)31-19-11-18(27-22(30)26(6)20(25-27)13(3)4)17(23)10-16(19)21(29)24-15(8-2)12-28/h10-11,13-15,28H,7-9,12H2,1-6H3,(H,24,29). The summed E-state index contributed by atoms with van der Waals surface area (Å²) in [7, 11) is 1.58. The molecule has 31 heavy (non-hydrogen) atoms. The van der Waals surface area contributed by atoms with Crippen LogP contribution < -0.4 is 15.7 Å². The summed E-state index contributed by atoms with van der Waals surface area (Å²) in [4.78, 5) is 25.5. The highest BCUT2D eigenvalue weighted by Crippen LogP contribution is 2.27. The molecule has 0 saturated heterocycles. The molecule has 0 aliphatic rings. The van der Waals surface area contributed by atoms with E-state index in [-0.39, 0.29) is 35.6 Å². The Kier molecular flexibility index (Phi) is 8.38. The third kappa shape index (κ3) is 5.52. The number of nitrogens with zero attached hydrogens (tertiary/aromatic N) is 3. The number of aliphatic hydroxyl groups excluding tert-OH is 1. The van der Waals surface area contributed by atoms with Crippen LogP contribution in [0.2, 0.25) is 0 Å². The van der Waals surface area contributed by atoms with Gasteiger partial charge in [-0.1, -0.05) is 34.1 Å². The van der Waals surface area contributed by atoms with E-state index in [2.05, 4.69) is 10.4 Å². The van der Waals surface area contributed by atoms with Crippen molar-refractivity contribution in [1.29, 1.82) is 0 Å². The molecule has 2 atom stereocenters. The molecule has 2 aromatic rings. The van der Waals surface area contributed by atoms with E-state index in [1.165, 1.54) is 10.6 Å². The van der Waals surface area contributed by atoms with Crippen LogP contribution in [0.25, 0.3) is 5.69 Å². The van der Waals surface area contributed by atoms with Gasteiger partial charge in [-0.2, -0.15) is 4.68 Å². The van der Waals surface area contributed by atoms with E-state index in [1.807, 2.05) is 34.6 Å². The van der Waals surface area contributed by atoms with Gasteiger partial charge in [-0.05, 0) is 25.8 Å². The fourth-order valence-electron chi connectivity index (χ4n) is 3.31. The Labute approximate surface area is 182 Å². The molecule has 0 saturated carbocycles. The minimum atomic E-state index is -0.770. The van der Waals surface area contributed by atoms with Crippen LogP contribution in [-0.2, 0) is 7.05 Å². The topological polar surface area (TPSA) is 98.4 Å². The van der Waals surface area contributed by atoms with Crippen LogP contribution in [0.3, 0.4) is 0 Å². The molecular formula is C22H33FN4O4. The van der Waals surface area contributed by atoms with Crippen LogP contribution in [-0.4, -0.2) is 44.1 Å². The summed E-state index contributed by atoms with van der Waals surface area (Å²) in [6.07, 6.45) is 1.91. The summed E-state index contributed by atoms with van der Waals surface area (Å²) in [6, 6.07) is 1.94. The number of aliphatic hydroxyl groups is 1. The Hall–Kier alpha value is -2.68. The van der Waals surface area contributed by atoms with E-state index >= 15 is 4.39 Å². The second kappa shape index (κ2) is 10.6. The molecule has 0 fully saturated rings. The van der Waals surface area contributed by atoms with E-state index in [0.717, 1.165) is 23.6 Å². The average molecular weight is 437 g/mol. The first-order valence-corrected chi connectivity index (χ1v) is 10.7. The van der Waals surface area contributed by atoms with Gasteiger partial charge in [-0.15, -0.1) is 5.10 Å². The van der Waals surface area contributed by atoms with Crippen LogP contribution in [0.1, 0.15) is 76.0 Å². The fourth-order valence-corrected chi connectivity index (χ4v) is 3.31. The molecule has 0 spiro atoms. The number of aromatic nitrogens is 3. The highest BCUT2D eigenvalue weighted by Gasteiger charge is 2.24. The van der Waals surface area contributed by atoms with Crippen LogP contribution in [0, 0.1) is 5.82 Å². The zero-order valence-electron chi connectivity index (χ0n) is 19.1. The molecule has 2 rings (SSSR count). The predicted octanol–water partition coefficient (Wildman–Crippen LogP) is 2.90. The third-order valence-electron chi connectivity index (χ3n) is 5.12. The van der Waals surface area contributed by atoms with Gasteiger partial charge >= 0.3 is 5.69 Å². The minimum Gasteiger partial charge on any atom is -0.490 e. The van der Waals surface area contributed by atoms with Gasteiger partial charge in [-0.3, -0.25) is 9.36 Å². The molecule has 0 bridgehead atoms. The van der Waals surface area contributed by atoms with Gasteiger partial charge < -0.3 is 15.2 Å². The lowest BCUT2D eigenvalue weighted by atomic mass is 10.1. The van der Waals surface area contributed by atoms with Crippen molar-refractivity contribution in [2.75, 3.05) is 6.61 Å². The first-order chi connectivity index (χ1) is 14.6. The molecular weight excluding hydrogens is 403 g/mol. The Balaban J connectivity index is 2.59. The lowest BCUT2D eigenvalue weighted by Gasteiger charge is -2.20. The SMILES string of the molecule is CCCC(C)Oc1cc(-n2nc(C(C)C)n(C)c2=O)c(F)cc1C(=O)NC(CC)CO. The third-order valence-corrected chi connectivity index (χ3v) is 5.12. The van der Waals surface area contributed by atoms with Crippen molar-refractivity contribution in [2.24, 2.45) is 7.05 Å². The number of rotatable bonds is 10. The second-order valence-corrected chi connectivity index (χ2v) is 8.04. The summed E-state index contributed by atoms with van der Waals surface area (Å²) in [5.41, 5.74) is -0.570. The Morgan fingerprint density at radius 1 is 1.29 bits per heavy atom. The highest BCUT2D eigenvalue weighted by atomic mass is 19.1. The molecule has 2 N–H and O–H groups in total. The van der Waals surface area contributed by atoms with E-state index in [0.29, 0.717) is 12.2 Å². The summed E-state index contributed by atoms with van der Waals surface area (Å²) < 4.78 is 23.4. The zero-order chi connectivity index (χ0) is 23.3. The van der Waals surface area contributed by atoms with Gasteiger partial charge in [0.05, 0.1) is 24.3 Å². The van der Waals surface area contributed by atoms with Gasteiger partial charge in [0.25, 0.3) is 5.91 Å². The minimum absolute atomic E-state index is 0.00386. The molecule has 1 aromatic heterocycles. The van der Waals surface area contributed by atoms with Crippen molar-refractivity contribution < 1.29 is 19.0 Å². The van der Waals surface area contributed by atoms with Gasteiger partial charge in [0.2, 0.25) is 0 Å². The van der Waals surface area contributed by atoms with Crippen molar-refractivity contribution in [1.82, 2.24) is 19.7 Å². The molecule has 9 heteroatoms. The number of benzene rings is 1. The number of halogens is 1. The van der Waals surface area contributed by atoms with Crippen LogP contribution in [0.4, 0.5) is 4.39 Å². The molecule has 0 radical (unpaired) electrons. The van der Waals surface area contributed by atoms with Crippen LogP contribution in [0.15, 0.2) is 16.9 Å². The number of amides is 1. The molecule has 2 unspecified atom stereocenters. The first kappa shape index (κ1) is 24.6. The normalized spacial score (nSPS) is 13.3. The monoisotopic (exact) mass is 436 g/mol. The van der Waals surface area contributed by atoms with Crippen LogP contribution >= 0.6 is 0 Å². The molecule has 1 amide bonds. The van der Waals surface area contributed by atoms with Gasteiger partial charge in [-0.25, -0.2) is 9.18 Å². The van der Waals surface area contributed by atoms with Crippen molar-refractivity contribution >= 4 is 5.91 Å². The lowest BCUT2D eigenvalue weighted by Crippen LogP contribution is -2.37. The quantitative estimate of drug-likeness (QED) is 0.597. The Bertz CT molecular complexity index is 963. The Morgan fingerprint density at radius 2 is 1.97 bits per heavy atom. The molecule has 0 aliphatic carbocycles. The van der Waals surface area contributed by atoms with Crippen molar-refractivity contribution in [2.45, 2.75) is 71.9 Å². The highest BCUT2D eigenvalue weighted by molar-refractivity contribution is 5.97. The number of nitrogens with one attached hydrogen (secondary N) is 1. The van der Waals surface area contributed by atoms with Crippen LogP contribution in [0.5, 0.6) is 5.75 Å². The maximum absolute atomic E-state index is 15.1. The fraction of sp³-hybridized carbons (Fsp3) is 0.591. The number of ether oxygens (including phenoxy) is 1. The molecule has 172 valence electrons. The van der Waals surface area contributed by atoms with Gasteiger partial charge in [0, 0.05) is 19.0 Å². The predicted molar refractivity (Wildman–Crippen MR) is 116 cm³/mol. The summed E-state index contributed by atoms with van der Waals surface area (Å²) in [6.45, 7) is 9.25. The number of hydrogen-bond donors (Lipinski definition) is 2. The van der Waals surface area contributed by atoms with E-state index in [1.54, 1.807) is 7.05 Å². The van der Waals surface area contributed by atoms with E-state index in [9.17, 15) is 14.7 Å². The van der Waals surface area contributed by atoms with E-state index in [4.69, 9.17) is 4.74 Å². The smallest absolute Gasteiger partial charge is 0.350 e. The zero-order valence-corrected chi connectivity index (χ0v) is 19.1. The number of hydrogen-bond acceptors (Lipinski definition) is 5. The maximum atomic E-state index is 15.1. The lowest BCUT2D eigenvalue weighted by molar-refractivity contribution is 0.0907. The number of carbonyl (C=O) groups is 1. The molecule has 8 nitrogen and oxygen atoms in total. The summed E-state index contributed by atoms with van der Waals surface area (Å²) in [5, 5.41) is 16.4. The maximum Gasteiger partial charge on any atom is 0.350 e. The van der Waals surface area contributed by atoms with Crippen molar-refractivity contribution in [3.63, 3.8) is 0 Å². The summed E-state index contributed by atoms with van der Waals surface area (Å²) >= 11 is 0. The largest absolute Gasteiger partial charge is 0.490 e. The summed E-state index contributed by atoms with van der Waals surface area (Å²) in [5.74, 6) is -0.681. The molecule has 1 heterocycles. The Morgan fingerprint density at radius 3 is 2.48 bits per heavy atom. The molecule has 0 aliphatic heterocycles. The van der Waals surface area contributed by atoms with Gasteiger partial charge in [0.15, 0.2) is 0 Å². The van der Waals surface area contributed by atoms with Crippen molar-refractivity contribution in [3.8, 4) is 11.4 Å². The molecule has 1 aromatic carbocycles. The first-order valence-electron chi connectivity index (χ1n) is 10.7. The van der Waals surface area contributed by atoms with Crippen molar-refractivity contribution in [3.05, 3.63) is 39.8 Å². The van der Waals surface area contributed by atoms with E-state index < -0.39 is 23.5 Å². The van der Waals surface area contributed by atoms with Gasteiger partial charge in [0.1, 0.15) is 23.1 Å². The second-order valence-electron chi connectivity index (χ2n) is 8.04.